The van der Waals surface area contributed by atoms with Gasteiger partial charge in [-0.05, 0) is 120 Å². The van der Waals surface area contributed by atoms with Crippen molar-refractivity contribution in [1.82, 2.24) is 4.57 Å². The van der Waals surface area contributed by atoms with Crippen molar-refractivity contribution < 1.29 is 0 Å². The molecule has 9 rings (SSSR count). The van der Waals surface area contributed by atoms with Crippen LogP contribution in [0.1, 0.15) is 93.3 Å². The zero-order valence-corrected chi connectivity index (χ0v) is 33.7. The predicted octanol–water partition coefficient (Wildman–Crippen LogP) is 12.4. The van der Waals surface area contributed by atoms with Crippen LogP contribution >= 0.6 is 0 Å². The van der Waals surface area contributed by atoms with Crippen molar-refractivity contribution in [2.24, 2.45) is 0 Å². The molecule has 1 unspecified atom stereocenters. The molecule has 2 heteroatoms. The molecule has 0 saturated heterocycles. The van der Waals surface area contributed by atoms with E-state index in [4.69, 9.17) is 0 Å². The molecular formula is C54H52N2. The molecule has 1 aromatic heterocycles. The van der Waals surface area contributed by atoms with E-state index in [9.17, 15) is 0 Å². The number of hydrogen-bond acceptors (Lipinski definition) is 1. The zero-order valence-electron chi connectivity index (χ0n) is 33.7. The van der Waals surface area contributed by atoms with Crippen LogP contribution in [0.3, 0.4) is 0 Å². The highest BCUT2D eigenvalue weighted by atomic mass is 15.2. The highest BCUT2D eigenvalue weighted by molar-refractivity contribution is 5.99. The van der Waals surface area contributed by atoms with Gasteiger partial charge in [-0.25, -0.2) is 0 Å². The Morgan fingerprint density at radius 1 is 0.839 bits per heavy atom. The molecule has 56 heavy (non-hydrogen) atoms. The number of aromatic nitrogens is 1. The third-order valence-electron chi connectivity index (χ3n) is 12.7. The summed E-state index contributed by atoms with van der Waals surface area (Å²) in [6.45, 7) is 18.5. The summed E-state index contributed by atoms with van der Waals surface area (Å²) in [5, 5.41) is 3.83. The van der Waals surface area contributed by atoms with Crippen LogP contribution in [0.5, 0.6) is 0 Å². The van der Waals surface area contributed by atoms with Gasteiger partial charge < -0.3 is 9.47 Å². The number of aryl methyl sites for hydroxylation is 1. The van der Waals surface area contributed by atoms with E-state index in [0.717, 1.165) is 24.9 Å². The van der Waals surface area contributed by atoms with E-state index in [1.54, 1.807) is 0 Å². The molecule has 0 spiro atoms. The molecular weight excluding hydrogens is 677 g/mol. The topological polar surface area (TPSA) is 8.17 Å². The van der Waals surface area contributed by atoms with E-state index < -0.39 is 0 Å². The van der Waals surface area contributed by atoms with Gasteiger partial charge in [-0.1, -0.05) is 143 Å². The quantitative estimate of drug-likeness (QED) is 0.135. The van der Waals surface area contributed by atoms with Gasteiger partial charge in [-0.15, -0.1) is 6.58 Å². The Kier molecular flexibility index (Phi) is 8.77. The van der Waals surface area contributed by atoms with Crippen molar-refractivity contribution in [2.75, 3.05) is 4.90 Å². The average Bonchev–Trinajstić information content (AvgIpc) is 3.52. The van der Waals surface area contributed by atoms with Gasteiger partial charge >= 0.3 is 0 Å². The molecule has 0 N–H and O–H groups in total. The van der Waals surface area contributed by atoms with E-state index >= 15 is 0 Å². The Morgan fingerprint density at radius 3 is 2.32 bits per heavy atom. The van der Waals surface area contributed by atoms with Gasteiger partial charge in [0.1, 0.15) is 0 Å². The Labute approximate surface area is 332 Å². The third kappa shape index (κ3) is 5.69. The molecule has 1 atom stereocenters. The molecule has 3 aliphatic rings. The summed E-state index contributed by atoms with van der Waals surface area (Å²) in [6.07, 6.45) is 19.4. The molecule has 0 amide bonds. The first-order valence-corrected chi connectivity index (χ1v) is 20.3. The standard InChI is InChI=1S/C54H52N2/c1-8-37(38-20-12-10-13-21-38)32-45-46-33-42(34-49-51(46)56-50(45)35-53(4,5)47-28-19-29-48(52(47)56)54(49,6)7)55(41-24-14-11-15-25-41)40(9-2)31-30-36(3)43-27-18-23-39-22-16-17-26-44(39)43/h8-15,17-21,23-30,32-35,40H,2,16,22,31H2,1,3-7H3/b36-30+,37-8+,45-32-. The number of benzene rings is 5. The minimum atomic E-state index is -0.235. The van der Waals surface area contributed by atoms with Crippen molar-refractivity contribution in [1.29, 1.82) is 0 Å². The normalized spacial score (nSPS) is 17.0. The number of rotatable bonds is 9. The molecule has 2 aliphatic heterocycles. The van der Waals surface area contributed by atoms with Crippen LogP contribution in [0.15, 0.2) is 140 Å². The second kappa shape index (κ2) is 13.7. The van der Waals surface area contributed by atoms with E-state index in [1.165, 1.54) is 82.9 Å². The van der Waals surface area contributed by atoms with Crippen LogP contribution in [0, 0.1) is 0 Å². The summed E-state index contributed by atoms with van der Waals surface area (Å²) >= 11 is 0. The van der Waals surface area contributed by atoms with Crippen molar-refractivity contribution in [3.63, 3.8) is 0 Å². The lowest BCUT2D eigenvalue weighted by Gasteiger charge is -2.40. The molecule has 0 bridgehead atoms. The summed E-state index contributed by atoms with van der Waals surface area (Å²) < 4.78 is 2.60. The molecule has 3 heterocycles. The average molecular weight is 729 g/mol. The van der Waals surface area contributed by atoms with E-state index in [2.05, 4.69) is 209 Å². The van der Waals surface area contributed by atoms with Gasteiger partial charge in [0.15, 0.2) is 0 Å². The Hall–Kier alpha value is -5.86. The Morgan fingerprint density at radius 2 is 1.57 bits per heavy atom. The summed E-state index contributed by atoms with van der Waals surface area (Å²) in [6, 6.07) is 40.5. The summed E-state index contributed by atoms with van der Waals surface area (Å²) in [7, 11) is 0. The fraction of sp³-hybridized carbons (Fsp3) is 0.222. The predicted molar refractivity (Wildman–Crippen MR) is 241 cm³/mol. The van der Waals surface area contributed by atoms with Crippen LogP contribution in [0.2, 0.25) is 0 Å². The van der Waals surface area contributed by atoms with Crippen molar-refractivity contribution >= 4 is 51.7 Å². The molecule has 0 fully saturated rings. The molecule has 0 saturated carbocycles. The van der Waals surface area contributed by atoms with Crippen LogP contribution in [0.4, 0.5) is 11.4 Å². The van der Waals surface area contributed by atoms with Gasteiger partial charge in [0.05, 0.1) is 22.6 Å². The number of anilines is 2. The second-order valence-corrected chi connectivity index (χ2v) is 16.9. The molecule has 0 radical (unpaired) electrons. The SMILES string of the molecule is C=CC(C/C=C(\C)c1cccc2c1C=CCC2)N(c1ccccc1)c1cc2c3c(c1)/c(=C/C(=C\C)c1ccccc1)c1n3-c3c(cccc3C2(C)C)C(C)(C)C=1. The number of fused-ring (bicyclic) bond motifs is 1. The van der Waals surface area contributed by atoms with Crippen molar-refractivity contribution in [2.45, 2.75) is 77.7 Å². The number of para-hydroxylation sites is 2. The number of nitrogens with zero attached hydrogens (tertiary/aromatic N) is 2. The first kappa shape index (κ1) is 35.8. The van der Waals surface area contributed by atoms with Gasteiger partial charge in [0.25, 0.3) is 0 Å². The zero-order chi connectivity index (χ0) is 38.8. The molecule has 278 valence electrons. The highest BCUT2D eigenvalue weighted by Crippen LogP contribution is 2.49. The summed E-state index contributed by atoms with van der Waals surface area (Å²) in [5.41, 5.74) is 16.7. The minimum Gasteiger partial charge on any atom is -0.334 e. The van der Waals surface area contributed by atoms with Crippen LogP contribution in [0.25, 0.3) is 46.0 Å². The smallest absolute Gasteiger partial charge is 0.0583 e. The second-order valence-electron chi connectivity index (χ2n) is 16.9. The lowest BCUT2D eigenvalue weighted by molar-refractivity contribution is 0.607. The fourth-order valence-electron chi connectivity index (χ4n) is 9.73. The van der Waals surface area contributed by atoms with Crippen LogP contribution in [-0.4, -0.2) is 10.6 Å². The molecule has 2 nitrogen and oxygen atoms in total. The largest absolute Gasteiger partial charge is 0.334 e. The molecule has 5 aromatic carbocycles. The van der Waals surface area contributed by atoms with Crippen molar-refractivity contribution in [3.8, 4) is 5.69 Å². The highest BCUT2D eigenvalue weighted by Gasteiger charge is 2.40. The molecule has 1 aliphatic carbocycles. The maximum atomic E-state index is 4.48. The molecule has 6 aromatic rings. The lowest BCUT2D eigenvalue weighted by Crippen LogP contribution is -2.40. The third-order valence-corrected chi connectivity index (χ3v) is 12.7. The van der Waals surface area contributed by atoms with Gasteiger partial charge in [-0.2, -0.15) is 0 Å². The lowest BCUT2D eigenvalue weighted by atomic mass is 9.70. The number of allylic oxidation sites excluding steroid dienone is 4. The minimum absolute atomic E-state index is 0.0169. The van der Waals surface area contributed by atoms with E-state index in [-0.39, 0.29) is 16.9 Å². The fourth-order valence-corrected chi connectivity index (χ4v) is 9.73. The van der Waals surface area contributed by atoms with Crippen LogP contribution < -0.4 is 15.5 Å². The maximum Gasteiger partial charge on any atom is 0.0583 e. The summed E-state index contributed by atoms with van der Waals surface area (Å²) in [4.78, 5) is 2.52. The van der Waals surface area contributed by atoms with E-state index in [1.807, 2.05) is 0 Å². The monoisotopic (exact) mass is 728 g/mol. The Balaban J connectivity index is 1.30. The maximum absolute atomic E-state index is 4.48. The van der Waals surface area contributed by atoms with Gasteiger partial charge in [0, 0.05) is 32.8 Å². The Bertz CT molecular complexity index is 2750. The van der Waals surface area contributed by atoms with Crippen LogP contribution in [-0.2, 0) is 17.3 Å². The van der Waals surface area contributed by atoms with Gasteiger partial charge in [0.2, 0.25) is 0 Å². The summed E-state index contributed by atoms with van der Waals surface area (Å²) in [5.74, 6) is 0. The van der Waals surface area contributed by atoms with Crippen molar-refractivity contribution in [3.05, 3.63) is 190 Å². The first-order chi connectivity index (χ1) is 27.1. The van der Waals surface area contributed by atoms with Gasteiger partial charge in [-0.3, -0.25) is 0 Å². The first-order valence-electron chi connectivity index (χ1n) is 20.3. The van der Waals surface area contributed by atoms with E-state index in [0.29, 0.717) is 0 Å². The number of hydrogen-bond donors (Lipinski definition) is 0.